The molecule has 0 radical (unpaired) electrons. The lowest BCUT2D eigenvalue weighted by Gasteiger charge is -2.17. The van der Waals surface area contributed by atoms with Crippen LogP contribution >= 0.6 is 0 Å². The van der Waals surface area contributed by atoms with Gasteiger partial charge in [0.25, 0.3) is 0 Å². The Kier molecular flexibility index (Phi) is 5.93. The Bertz CT molecular complexity index is 777. The zero-order chi connectivity index (χ0) is 19.3. The zero-order valence-electron chi connectivity index (χ0n) is 16.1. The normalized spacial score (nSPS) is 18.7. The van der Waals surface area contributed by atoms with Crippen LogP contribution in [0.1, 0.15) is 29.9 Å². The molecule has 0 aromatic heterocycles. The van der Waals surface area contributed by atoms with Crippen LogP contribution in [0.4, 0.5) is 4.79 Å². The summed E-state index contributed by atoms with van der Waals surface area (Å²) in [6.45, 7) is 4.07. The van der Waals surface area contributed by atoms with Crippen molar-refractivity contribution in [3.8, 4) is 11.1 Å². The van der Waals surface area contributed by atoms with E-state index in [1.807, 2.05) is 12.1 Å². The quantitative estimate of drug-likeness (QED) is 0.774. The first-order chi connectivity index (χ1) is 13.8. The summed E-state index contributed by atoms with van der Waals surface area (Å²) in [7, 11) is 0. The lowest BCUT2D eigenvalue weighted by atomic mass is 9.98. The fourth-order valence-corrected chi connectivity index (χ4v) is 4.50. The third kappa shape index (κ3) is 4.05. The van der Waals surface area contributed by atoms with Crippen LogP contribution in [0.5, 0.6) is 0 Å². The average Bonchev–Trinajstić information content (AvgIpc) is 3.29. The topological polar surface area (TPSA) is 61.8 Å². The number of likely N-dealkylation sites (tertiary alicyclic amines) is 1. The average molecular weight is 380 g/mol. The number of nitrogens with one attached hydrogen (secondary N) is 1. The summed E-state index contributed by atoms with van der Waals surface area (Å²) < 4.78 is 5.56. The van der Waals surface area contributed by atoms with Gasteiger partial charge in [0.15, 0.2) is 0 Å². The van der Waals surface area contributed by atoms with Crippen LogP contribution in [0.15, 0.2) is 48.5 Å². The number of alkyl carbamates (subject to hydrolysis) is 1. The van der Waals surface area contributed by atoms with Gasteiger partial charge in [-0.1, -0.05) is 48.5 Å². The van der Waals surface area contributed by atoms with Crippen molar-refractivity contribution in [3.05, 3.63) is 59.7 Å². The van der Waals surface area contributed by atoms with E-state index in [1.54, 1.807) is 0 Å². The van der Waals surface area contributed by atoms with Gasteiger partial charge in [-0.15, -0.1) is 0 Å². The Morgan fingerprint density at radius 3 is 2.46 bits per heavy atom. The van der Waals surface area contributed by atoms with E-state index >= 15 is 0 Å². The number of benzene rings is 2. The highest BCUT2D eigenvalue weighted by atomic mass is 16.5. The molecule has 1 aliphatic heterocycles. The van der Waals surface area contributed by atoms with E-state index in [4.69, 9.17) is 9.84 Å². The zero-order valence-corrected chi connectivity index (χ0v) is 16.1. The van der Waals surface area contributed by atoms with Crippen LogP contribution < -0.4 is 5.32 Å². The Hall–Kier alpha value is -2.37. The number of aliphatic hydroxyl groups excluding tert-OH is 1. The predicted molar refractivity (Wildman–Crippen MR) is 109 cm³/mol. The van der Waals surface area contributed by atoms with Crippen molar-refractivity contribution in [1.29, 1.82) is 0 Å². The van der Waals surface area contributed by atoms with Crippen LogP contribution in [0.3, 0.4) is 0 Å². The standard InChI is InChI=1S/C23H28N2O3/c26-14-10-17-9-12-25(15-17)13-11-24-23(27)28-16-22-20-7-3-1-5-18(20)19-6-2-4-8-21(19)22/h1-8,17,22,26H,9-16H2,(H,24,27). The molecule has 148 valence electrons. The third-order valence-corrected chi connectivity index (χ3v) is 5.95. The van der Waals surface area contributed by atoms with Gasteiger partial charge in [-0.3, -0.25) is 0 Å². The number of carbonyl (C=O) groups is 1. The molecule has 4 rings (SSSR count). The van der Waals surface area contributed by atoms with Crippen LogP contribution in [0.2, 0.25) is 0 Å². The highest BCUT2D eigenvalue weighted by molar-refractivity contribution is 5.79. The summed E-state index contributed by atoms with van der Waals surface area (Å²) in [5.74, 6) is 0.676. The van der Waals surface area contributed by atoms with Crippen molar-refractivity contribution in [3.63, 3.8) is 0 Å². The molecule has 28 heavy (non-hydrogen) atoms. The van der Waals surface area contributed by atoms with Crippen molar-refractivity contribution >= 4 is 6.09 Å². The minimum absolute atomic E-state index is 0.0935. The first-order valence-corrected chi connectivity index (χ1v) is 10.2. The van der Waals surface area contributed by atoms with Crippen LogP contribution in [0.25, 0.3) is 11.1 Å². The van der Waals surface area contributed by atoms with E-state index in [-0.39, 0.29) is 18.6 Å². The van der Waals surface area contributed by atoms with Crippen LogP contribution in [0, 0.1) is 5.92 Å². The highest BCUT2D eigenvalue weighted by Gasteiger charge is 2.29. The summed E-state index contributed by atoms with van der Waals surface area (Å²) in [5, 5.41) is 11.9. The molecule has 2 aromatic carbocycles. The first kappa shape index (κ1) is 19.0. The van der Waals surface area contributed by atoms with Crippen LogP contribution in [-0.2, 0) is 4.74 Å². The molecule has 1 amide bonds. The van der Waals surface area contributed by atoms with Crippen molar-refractivity contribution in [2.24, 2.45) is 5.92 Å². The number of fused-ring (bicyclic) bond motifs is 3. The van der Waals surface area contributed by atoms with E-state index in [1.165, 1.54) is 22.3 Å². The molecule has 1 unspecified atom stereocenters. The van der Waals surface area contributed by atoms with E-state index in [0.29, 0.717) is 19.1 Å². The largest absolute Gasteiger partial charge is 0.449 e. The second-order valence-corrected chi connectivity index (χ2v) is 7.72. The van der Waals surface area contributed by atoms with Gasteiger partial charge in [0.2, 0.25) is 0 Å². The Morgan fingerprint density at radius 1 is 1.11 bits per heavy atom. The number of ether oxygens (including phenoxy) is 1. The van der Waals surface area contributed by atoms with Gasteiger partial charge in [0, 0.05) is 32.2 Å². The number of aliphatic hydroxyl groups is 1. The molecule has 5 nitrogen and oxygen atoms in total. The molecule has 2 aromatic rings. The molecule has 0 saturated carbocycles. The molecule has 1 fully saturated rings. The molecule has 1 heterocycles. The number of amides is 1. The summed E-state index contributed by atoms with van der Waals surface area (Å²) in [6, 6.07) is 16.7. The summed E-state index contributed by atoms with van der Waals surface area (Å²) >= 11 is 0. The fourth-order valence-electron chi connectivity index (χ4n) is 4.50. The predicted octanol–water partition coefficient (Wildman–Crippen LogP) is 3.23. The molecule has 1 atom stereocenters. The monoisotopic (exact) mass is 380 g/mol. The van der Waals surface area contributed by atoms with E-state index in [9.17, 15) is 4.79 Å². The van der Waals surface area contributed by atoms with Gasteiger partial charge in [0.05, 0.1) is 0 Å². The molecule has 1 aliphatic carbocycles. The number of hydrogen-bond donors (Lipinski definition) is 2. The first-order valence-electron chi connectivity index (χ1n) is 10.2. The maximum absolute atomic E-state index is 12.2. The third-order valence-electron chi connectivity index (χ3n) is 5.95. The van der Waals surface area contributed by atoms with Crippen molar-refractivity contribution in [2.45, 2.75) is 18.8 Å². The summed E-state index contributed by atoms with van der Waals surface area (Å²) in [4.78, 5) is 14.5. The molecule has 2 N–H and O–H groups in total. The lowest BCUT2D eigenvalue weighted by Crippen LogP contribution is -2.34. The lowest BCUT2D eigenvalue weighted by molar-refractivity contribution is 0.141. The smallest absolute Gasteiger partial charge is 0.407 e. The Labute approximate surface area is 166 Å². The van der Waals surface area contributed by atoms with Gasteiger partial charge in [-0.05, 0) is 47.6 Å². The van der Waals surface area contributed by atoms with Gasteiger partial charge in [-0.25, -0.2) is 4.79 Å². The molecular formula is C23H28N2O3. The number of hydrogen-bond acceptors (Lipinski definition) is 4. The molecule has 5 heteroatoms. The summed E-state index contributed by atoms with van der Waals surface area (Å²) in [5.41, 5.74) is 4.92. The second-order valence-electron chi connectivity index (χ2n) is 7.72. The second kappa shape index (κ2) is 8.76. The van der Waals surface area contributed by atoms with Gasteiger partial charge < -0.3 is 20.1 Å². The number of carbonyl (C=O) groups excluding carboxylic acids is 1. The summed E-state index contributed by atoms with van der Waals surface area (Å²) in [6.07, 6.45) is 1.65. The van der Waals surface area contributed by atoms with Crippen LogP contribution in [-0.4, -0.2) is 55.5 Å². The van der Waals surface area contributed by atoms with Crippen molar-refractivity contribution < 1.29 is 14.6 Å². The number of rotatable bonds is 7. The molecular weight excluding hydrogens is 352 g/mol. The minimum Gasteiger partial charge on any atom is -0.449 e. The Balaban J connectivity index is 1.26. The van der Waals surface area contributed by atoms with Crippen molar-refractivity contribution in [1.82, 2.24) is 10.2 Å². The van der Waals surface area contributed by atoms with Gasteiger partial charge in [0.1, 0.15) is 6.61 Å². The molecule has 0 bridgehead atoms. The van der Waals surface area contributed by atoms with Gasteiger partial charge in [-0.2, -0.15) is 0 Å². The van der Waals surface area contributed by atoms with Gasteiger partial charge >= 0.3 is 6.09 Å². The number of nitrogens with zero attached hydrogens (tertiary/aromatic N) is 1. The molecule has 1 saturated heterocycles. The van der Waals surface area contributed by atoms with Crippen molar-refractivity contribution in [2.75, 3.05) is 39.4 Å². The Morgan fingerprint density at radius 2 is 1.79 bits per heavy atom. The van der Waals surface area contributed by atoms with E-state index in [2.05, 4.69) is 46.6 Å². The maximum atomic E-state index is 12.2. The minimum atomic E-state index is -0.354. The fraction of sp³-hybridized carbons (Fsp3) is 0.435. The maximum Gasteiger partial charge on any atom is 0.407 e. The van der Waals surface area contributed by atoms with E-state index < -0.39 is 0 Å². The molecule has 2 aliphatic rings. The highest BCUT2D eigenvalue weighted by Crippen LogP contribution is 2.44. The SMILES string of the molecule is O=C(NCCN1CCC(CCO)C1)OCC1c2ccccc2-c2ccccc21. The van der Waals surface area contributed by atoms with E-state index in [0.717, 1.165) is 32.5 Å². The molecule has 0 spiro atoms.